The molecule has 1 aromatic heterocycles. The predicted molar refractivity (Wildman–Crippen MR) is 85.5 cm³/mol. The van der Waals surface area contributed by atoms with Crippen molar-refractivity contribution in [2.75, 3.05) is 25.0 Å². The van der Waals surface area contributed by atoms with E-state index in [2.05, 4.69) is 15.6 Å². The summed E-state index contributed by atoms with van der Waals surface area (Å²) in [6, 6.07) is 1.62. The molecule has 2 rings (SSSR count). The fourth-order valence-corrected chi connectivity index (χ4v) is 2.71. The van der Waals surface area contributed by atoms with Gasteiger partial charge in [-0.3, -0.25) is 14.6 Å². The maximum atomic E-state index is 12.2. The van der Waals surface area contributed by atoms with E-state index in [1.165, 1.54) is 0 Å². The smallest absolute Gasteiger partial charge is 0.242 e. The zero-order valence-corrected chi connectivity index (χ0v) is 13.3. The molecule has 1 aromatic rings. The van der Waals surface area contributed by atoms with Crippen LogP contribution in [-0.2, 0) is 9.59 Å². The lowest BCUT2D eigenvalue weighted by molar-refractivity contribution is -0.138. The molecule has 1 atom stereocenters. The summed E-state index contributed by atoms with van der Waals surface area (Å²) in [5.41, 5.74) is 2.09. The van der Waals surface area contributed by atoms with E-state index >= 15 is 0 Å². The quantitative estimate of drug-likeness (QED) is 0.777. The molecule has 2 amide bonds. The molecule has 6 nitrogen and oxygen atoms in total. The highest BCUT2D eigenvalue weighted by molar-refractivity contribution is 5.88. The number of nitrogens with zero attached hydrogens (tertiary/aromatic N) is 2. The van der Waals surface area contributed by atoms with Gasteiger partial charge in [-0.15, -0.1) is 0 Å². The van der Waals surface area contributed by atoms with Crippen molar-refractivity contribution < 1.29 is 9.59 Å². The second-order valence-corrected chi connectivity index (χ2v) is 5.51. The van der Waals surface area contributed by atoms with Crippen molar-refractivity contribution in [1.82, 2.24) is 15.2 Å². The largest absolute Gasteiger partial charge is 0.383 e. The average Bonchev–Trinajstić information content (AvgIpc) is 3.01. The van der Waals surface area contributed by atoms with Crippen LogP contribution in [0.25, 0.3) is 0 Å². The molecule has 6 heteroatoms. The number of likely N-dealkylation sites (tertiary alicyclic amines) is 1. The first-order chi connectivity index (χ1) is 10.6. The van der Waals surface area contributed by atoms with Crippen molar-refractivity contribution in [1.29, 1.82) is 0 Å². The summed E-state index contributed by atoms with van der Waals surface area (Å²) in [5.74, 6) is 0.00994. The van der Waals surface area contributed by atoms with Gasteiger partial charge in [-0.05, 0) is 31.4 Å². The van der Waals surface area contributed by atoms with Gasteiger partial charge in [0, 0.05) is 44.1 Å². The molecule has 0 unspecified atom stereocenters. The number of carbonyl (C=O) groups excluding carboxylic acids is 2. The van der Waals surface area contributed by atoms with Gasteiger partial charge in [0.05, 0.1) is 0 Å². The second kappa shape index (κ2) is 7.77. The van der Waals surface area contributed by atoms with E-state index in [0.717, 1.165) is 24.1 Å². The van der Waals surface area contributed by atoms with Crippen LogP contribution in [-0.4, -0.2) is 47.4 Å². The highest BCUT2D eigenvalue weighted by atomic mass is 16.2. The van der Waals surface area contributed by atoms with E-state index in [9.17, 15) is 9.59 Å². The molecule has 0 spiro atoms. The maximum absolute atomic E-state index is 12.2. The number of hydrogen-bond donors (Lipinski definition) is 2. The van der Waals surface area contributed by atoms with Crippen molar-refractivity contribution in [2.24, 2.45) is 0 Å². The highest BCUT2D eigenvalue weighted by Crippen LogP contribution is 2.18. The summed E-state index contributed by atoms with van der Waals surface area (Å²) in [4.78, 5) is 29.8. The fourth-order valence-electron chi connectivity index (χ4n) is 2.71. The molecule has 0 aliphatic carbocycles. The van der Waals surface area contributed by atoms with Crippen LogP contribution in [0.5, 0.6) is 0 Å². The van der Waals surface area contributed by atoms with Gasteiger partial charge < -0.3 is 15.5 Å². The van der Waals surface area contributed by atoms with Gasteiger partial charge in [0.1, 0.15) is 6.04 Å². The molecule has 1 fully saturated rings. The Morgan fingerprint density at radius 2 is 2.23 bits per heavy atom. The van der Waals surface area contributed by atoms with Crippen LogP contribution in [0.3, 0.4) is 0 Å². The summed E-state index contributed by atoms with van der Waals surface area (Å²) in [6.45, 7) is 5.69. The van der Waals surface area contributed by atoms with E-state index in [-0.39, 0.29) is 17.9 Å². The Bertz CT molecular complexity index is 533. The lowest BCUT2D eigenvalue weighted by atomic mass is 10.2. The number of aryl methyl sites for hydroxylation is 1. The van der Waals surface area contributed by atoms with E-state index in [1.807, 2.05) is 19.9 Å². The van der Waals surface area contributed by atoms with Gasteiger partial charge in [0.25, 0.3) is 0 Å². The number of nitrogens with one attached hydrogen (secondary N) is 2. The van der Waals surface area contributed by atoms with Gasteiger partial charge in [-0.1, -0.05) is 6.92 Å². The zero-order valence-electron chi connectivity index (χ0n) is 13.3. The number of anilines is 1. The molecule has 0 saturated carbocycles. The summed E-state index contributed by atoms with van der Waals surface area (Å²) in [6.07, 6.45) is 5.65. The summed E-state index contributed by atoms with van der Waals surface area (Å²) >= 11 is 0. The Morgan fingerprint density at radius 3 is 2.95 bits per heavy atom. The molecule has 0 aromatic carbocycles. The lowest BCUT2D eigenvalue weighted by Gasteiger charge is -2.23. The molecule has 1 saturated heterocycles. The van der Waals surface area contributed by atoms with Gasteiger partial charge in [0.15, 0.2) is 0 Å². The third kappa shape index (κ3) is 3.96. The summed E-state index contributed by atoms with van der Waals surface area (Å²) in [5, 5.41) is 6.18. The van der Waals surface area contributed by atoms with Gasteiger partial charge in [-0.2, -0.15) is 0 Å². The Labute approximate surface area is 131 Å². The number of carbonyl (C=O) groups is 2. The second-order valence-electron chi connectivity index (χ2n) is 5.51. The van der Waals surface area contributed by atoms with Crippen LogP contribution in [0.4, 0.5) is 5.69 Å². The van der Waals surface area contributed by atoms with Crippen molar-refractivity contribution in [3.63, 3.8) is 0 Å². The van der Waals surface area contributed by atoms with Crippen molar-refractivity contribution in [3.05, 3.63) is 24.0 Å². The van der Waals surface area contributed by atoms with Crippen LogP contribution in [0, 0.1) is 6.92 Å². The van der Waals surface area contributed by atoms with Crippen molar-refractivity contribution in [2.45, 2.75) is 39.2 Å². The minimum Gasteiger partial charge on any atom is -0.383 e. The lowest BCUT2D eigenvalue weighted by Crippen LogP contribution is -2.46. The monoisotopic (exact) mass is 304 g/mol. The van der Waals surface area contributed by atoms with Crippen LogP contribution in [0.15, 0.2) is 18.5 Å². The van der Waals surface area contributed by atoms with Gasteiger partial charge in [-0.25, -0.2) is 0 Å². The molecule has 2 N–H and O–H groups in total. The van der Waals surface area contributed by atoms with E-state index < -0.39 is 0 Å². The first-order valence-corrected chi connectivity index (χ1v) is 7.85. The number of aromatic nitrogens is 1. The first-order valence-electron chi connectivity index (χ1n) is 7.85. The van der Waals surface area contributed by atoms with Crippen LogP contribution >= 0.6 is 0 Å². The molecule has 1 aliphatic heterocycles. The van der Waals surface area contributed by atoms with Gasteiger partial charge in [0.2, 0.25) is 11.8 Å². The number of amides is 2. The summed E-state index contributed by atoms with van der Waals surface area (Å²) < 4.78 is 0. The van der Waals surface area contributed by atoms with Crippen molar-refractivity contribution >= 4 is 17.5 Å². The Hall–Kier alpha value is -2.11. The molecule has 1 aliphatic rings. The molecule has 0 radical (unpaired) electrons. The SMILES string of the molecule is CCC(=O)N1CCC[C@H]1C(=O)NCCNc1ccncc1C. The van der Waals surface area contributed by atoms with E-state index in [4.69, 9.17) is 0 Å². The third-order valence-electron chi connectivity index (χ3n) is 3.94. The molecule has 120 valence electrons. The molecular weight excluding hydrogens is 280 g/mol. The standard InChI is InChI=1S/C16H24N4O2/c1-3-15(21)20-10-4-5-14(20)16(22)19-9-8-18-13-6-7-17-11-12(13)2/h6-7,11,14H,3-5,8-10H2,1-2H3,(H,17,18)(H,19,22)/t14-/m0/s1. The normalized spacial score (nSPS) is 17.4. The zero-order chi connectivity index (χ0) is 15.9. The predicted octanol–water partition coefficient (Wildman–Crippen LogP) is 1.32. The first kappa shape index (κ1) is 16.3. The maximum Gasteiger partial charge on any atom is 0.242 e. The number of pyridine rings is 1. The van der Waals surface area contributed by atoms with E-state index in [1.54, 1.807) is 17.3 Å². The van der Waals surface area contributed by atoms with Crippen LogP contribution in [0.1, 0.15) is 31.7 Å². The topological polar surface area (TPSA) is 74.3 Å². The molecule has 0 bridgehead atoms. The fraction of sp³-hybridized carbons (Fsp3) is 0.562. The average molecular weight is 304 g/mol. The minimum atomic E-state index is -0.296. The highest BCUT2D eigenvalue weighted by Gasteiger charge is 2.32. The Morgan fingerprint density at radius 1 is 1.41 bits per heavy atom. The molecule has 22 heavy (non-hydrogen) atoms. The van der Waals surface area contributed by atoms with Crippen LogP contribution in [0.2, 0.25) is 0 Å². The third-order valence-corrected chi connectivity index (χ3v) is 3.94. The van der Waals surface area contributed by atoms with Crippen molar-refractivity contribution in [3.8, 4) is 0 Å². The summed E-state index contributed by atoms with van der Waals surface area (Å²) in [7, 11) is 0. The molecular formula is C16H24N4O2. The minimum absolute atomic E-state index is 0.0486. The number of hydrogen-bond acceptors (Lipinski definition) is 4. The van der Waals surface area contributed by atoms with Crippen LogP contribution < -0.4 is 10.6 Å². The Balaban J connectivity index is 1.76. The Kier molecular flexibility index (Phi) is 5.75. The van der Waals surface area contributed by atoms with E-state index in [0.29, 0.717) is 26.1 Å². The molecule has 2 heterocycles. The van der Waals surface area contributed by atoms with Gasteiger partial charge >= 0.3 is 0 Å². The number of rotatable bonds is 6.